The summed E-state index contributed by atoms with van der Waals surface area (Å²) in [6.07, 6.45) is 4.96. The van der Waals surface area contributed by atoms with E-state index in [1.165, 1.54) is 0 Å². The summed E-state index contributed by atoms with van der Waals surface area (Å²) in [6.45, 7) is 0. The minimum Gasteiger partial charge on any atom is -0.453 e. The number of anilines is 1. The van der Waals surface area contributed by atoms with Gasteiger partial charge in [0.1, 0.15) is 5.75 Å². The van der Waals surface area contributed by atoms with Crippen molar-refractivity contribution in [3.05, 3.63) is 53.4 Å². The molecule has 0 spiro atoms. The van der Waals surface area contributed by atoms with Crippen LogP contribution in [0.25, 0.3) is 10.9 Å². The molecule has 0 fully saturated rings. The molecule has 4 nitrogen and oxygen atoms in total. The Labute approximate surface area is 118 Å². The van der Waals surface area contributed by atoms with Gasteiger partial charge in [0, 0.05) is 17.8 Å². The number of halogens is 1. The minimum atomic E-state index is 0.482. The highest BCUT2D eigenvalue weighted by atomic mass is 79.9. The summed E-state index contributed by atoms with van der Waals surface area (Å²) in [5.74, 6) is 1.27. The molecule has 0 atom stereocenters. The predicted octanol–water partition coefficient (Wildman–Crippen LogP) is 3.77. The number of rotatable bonds is 2. The molecule has 0 saturated carbocycles. The third-order valence-electron chi connectivity index (χ3n) is 2.70. The fraction of sp³-hybridized carbons (Fsp3) is 0. The standard InChI is InChI=1S/C14H10BrN3O/c15-10-7-17-8-11(16)14(10)19-13-5-1-4-12-9(13)3-2-6-18-12/h1-8H,16H2. The van der Waals surface area contributed by atoms with Gasteiger partial charge in [0.2, 0.25) is 0 Å². The van der Waals surface area contributed by atoms with Crippen LogP contribution in [-0.2, 0) is 0 Å². The molecule has 2 aromatic heterocycles. The molecule has 0 unspecified atom stereocenters. The van der Waals surface area contributed by atoms with Gasteiger partial charge < -0.3 is 10.5 Å². The summed E-state index contributed by atoms with van der Waals surface area (Å²) in [5.41, 5.74) is 7.24. The largest absolute Gasteiger partial charge is 0.453 e. The van der Waals surface area contributed by atoms with E-state index in [-0.39, 0.29) is 0 Å². The number of nitrogens with zero attached hydrogens (tertiary/aromatic N) is 2. The normalized spacial score (nSPS) is 10.6. The second kappa shape index (κ2) is 4.85. The van der Waals surface area contributed by atoms with E-state index in [2.05, 4.69) is 25.9 Å². The third kappa shape index (κ3) is 2.24. The van der Waals surface area contributed by atoms with Crippen LogP contribution in [0.5, 0.6) is 11.5 Å². The van der Waals surface area contributed by atoms with Crippen molar-refractivity contribution in [2.24, 2.45) is 0 Å². The SMILES string of the molecule is Nc1cncc(Br)c1Oc1cccc2ncccc12. The maximum atomic E-state index is 5.90. The van der Waals surface area contributed by atoms with Gasteiger partial charge >= 0.3 is 0 Å². The fourth-order valence-electron chi connectivity index (χ4n) is 1.82. The van der Waals surface area contributed by atoms with E-state index in [4.69, 9.17) is 10.5 Å². The lowest BCUT2D eigenvalue weighted by molar-refractivity contribution is 0.487. The van der Waals surface area contributed by atoms with Crippen LogP contribution < -0.4 is 10.5 Å². The zero-order chi connectivity index (χ0) is 13.2. The average molecular weight is 316 g/mol. The van der Waals surface area contributed by atoms with E-state index < -0.39 is 0 Å². The van der Waals surface area contributed by atoms with E-state index in [0.29, 0.717) is 21.7 Å². The highest BCUT2D eigenvalue weighted by Crippen LogP contribution is 2.36. The topological polar surface area (TPSA) is 61.0 Å². The Kier molecular flexibility index (Phi) is 3.05. The molecule has 2 heterocycles. The van der Waals surface area contributed by atoms with Gasteiger partial charge in [-0.15, -0.1) is 0 Å². The van der Waals surface area contributed by atoms with Gasteiger partial charge in [-0.05, 0) is 40.2 Å². The smallest absolute Gasteiger partial charge is 0.167 e. The van der Waals surface area contributed by atoms with Crippen molar-refractivity contribution in [2.45, 2.75) is 0 Å². The van der Waals surface area contributed by atoms with Crippen molar-refractivity contribution in [2.75, 3.05) is 5.73 Å². The zero-order valence-electron chi connectivity index (χ0n) is 9.88. The summed E-state index contributed by atoms with van der Waals surface area (Å²) in [4.78, 5) is 8.28. The minimum absolute atomic E-state index is 0.482. The third-order valence-corrected chi connectivity index (χ3v) is 3.26. The van der Waals surface area contributed by atoms with E-state index in [9.17, 15) is 0 Å². The maximum absolute atomic E-state index is 5.90. The summed E-state index contributed by atoms with van der Waals surface area (Å²) in [6, 6.07) is 9.56. The molecule has 0 aliphatic rings. The Hall–Kier alpha value is -2.14. The van der Waals surface area contributed by atoms with E-state index in [0.717, 1.165) is 10.9 Å². The number of pyridine rings is 2. The number of benzene rings is 1. The first-order valence-corrected chi connectivity index (χ1v) is 6.45. The number of aromatic nitrogens is 2. The van der Waals surface area contributed by atoms with Crippen molar-refractivity contribution in [3.63, 3.8) is 0 Å². The molecule has 0 saturated heterocycles. The molecule has 3 rings (SSSR count). The van der Waals surface area contributed by atoms with Crippen molar-refractivity contribution in [1.29, 1.82) is 0 Å². The lowest BCUT2D eigenvalue weighted by Gasteiger charge is -2.11. The molecule has 19 heavy (non-hydrogen) atoms. The molecule has 0 amide bonds. The number of nitrogens with two attached hydrogens (primary N) is 1. The quantitative estimate of drug-likeness (QED) is 0.782. The van der Waals surface area contributed by atoms with E-state index in [1.54, 1.807) is 18.6 Å². The summed E-state index contributed by atoms with van der Waals surface area (Å²) in [5, 5.41) is 0.938. The van der Waals surface area contributed by atoms with Crippen LogP contribution in [0.1, 0.15) is 0 Å². The monoisotopic (exact) mass is 315 g/mol. The molecule has 1 aromatic carbocycles. The second-order valence-electron chi connectivity index (χ2n) is 3.97. The zero-order valence-corrected chi connectivity index (χ0v) is 11.5. The Bertz CT molecular complexity index is 720. The highest BCUT2D eigenvalue weighted by molar-refractivity contribution is 9.10. The van der Waals surface area contributed by atoms with Crippen LogP contribution in [0, 0.1) is 0 Å². The predicted molar refractivity (Wildman–Crippen MR) is 78.2 cm³/mol. The van der Waals surface area contributed by atoms with Gasteiger partial charge in [-0.25, -0.2) is 0 Å². The van der Waals surface area contributed by atoms with Crippen LogP contribution in [-0.4, -0.2) is 9.97 Å². The molecule has 3 aromatic rings. The average Bonchev–Trinajstić information content (AvgIpc) is 2.43. The van der Waals surface area contributed by atoms with Crippen molar-refractivity contribution >= 4 is 32.5 Å². The molecule has 5 heteroatoms. The van der Waals surface area contributed by atoms with Crippen LogP contribution in [0.15, 0.2) is 53.4 Å². The molecule has 0 radical (unpaired) electrons. The Morgan fingerprint density at radius 1 is 1.11 bits per heavy atom. The van der Waals surface area contributed by atoms with Gasteiger partial charge in [0.15, 0.2) is 5.75 Å². The fourth-order valence-corrected chi connectivity index (χ4v) is 2.25. The highest BCUT2D eigenvalue weighted by Gasteiger charge is 2.09. The van der Waals surface area contributed by atoms with Gasteiger partial charge in [-0.1, -0.05) is 6.07 Å². The molecular weight excluding hydrogens is 306 g/mol. The first-order valence-electron chi connectivity index (χ1n) is 5.66. The van der Waals surface area contributed by atoms with Gasteiger partial charge in [0.25, 0.3) is 0 Å². The summed E-state index contributed by atoms with van der Waals surface area (Å²) >= 11 is 3.39. The first kappa shape index (κ1) is 11.9. The Morgan fingerprint density at radius 3 is 2.84 bits per heavy atom. The summed E-state index contributed by atoms with van der Waals surface area (Å²) < 4.78 is 6.62. The number of fused-ring (bicyclic) bond motifs is 1. The van der Waals surface area contributed by atoms with Crippen molar-refractivity contribution in [3.8, 4) is 11.5 Å². The van der Waals surface area contributed by atoms with Crippen LogP contribution in [0.3, 0.4) is 0 Å². The second-order valence-corrected chi connectivity index (χ2v) is 4.82. The molecule has 2 N–H and O–H groups in total. The lowest BCUT2D eigenvalue weighted by atomic mass is 10.2. The van der Waals surface area contributed by atoms with Crippen LogP contribution in [0.4, 0.5) is 5.69 Å². The van der Waals surface area contributed by atoms with Crippen molar-refractivity contribution in [1.82, 2.24) is 9.97 Å². The van der Waals surface area contributed by atoms with Gasteiger partial charge in [0.05, 0.1) is 21.9 Å². The lowest BCUT2D eigenvalue weighted by Crippen LogP contribution is -1.95. The Balaban J connectivity index is 2.11. The van der Waals surface area contributed by atoms with Crippen molar-refractivity contribution < 1.29 is 4.74 Å². The molecule has 0 aliphatic carbocycles. The first-order chi connectivity index (χ1) is 9.25. The molecule has 0 bridgehead atoms. The Morgan fingerprint density at radius 2 is 2.00 bits per heavy atom. The van der Waals surface area contributed by atoms with Gasteiger partial charge in [-0.2, -0.15) is 0 Å². The van der Waals surface area contributed by atoms with Crippen LogP contribution >= 0.6 is 15.9 Å². The van der Waals surface area contributed by atoms with Crippen LogP contribution in [0.2, 0.25) is 0 Å². The van der Waals surface area contributed by atoms with Gasteiger partial charge in [-0.3, -0.25) is 9.97 Å². The maximum Gasteiger partial charge on any atom is 0.167 e. The molecule has 94 valence electrons. The number of nitrogen functional groups attached to an aromatic ring is 1. The van der Waals surface area contributed by atoms with E-state index in [1.807, 2.05) is 30.3 Å². The summed E-state index contributed by atoms with van der Waals surface area (Å²) in [7, 11) is 0. The number of ether oxygens (including phenoxy) is 1. The van der Waals surface area contributed by atoms with E-state index >= 15 is 0 Å². The number of hydrogen-bond donors (Lipinski definition) is 1. The molecule has 0 aliphatic heterocycles. The molecular formula is C14H10BrN3O. The number of hydrogen-bond acceptors (Lipinski definition) is 4.